The highest BCUT2D eigenvalue weighted by atomic mass is 19.1. The highest BCUT2D eigenvalue weighted by Crippen LogP contribution is 2.17. The molecule has 0 radical (unpaired) electrons. The Morgan fingerprint density at radius 1 is 1.00 bits per heavy atom. The Morgan fingerprint density at radius 2 is 1.65 bits per heavy atom. The van der Waals surface area contributed by atoms with Crippen LogP contribution in [0.4, 0.5) is 4.39 Å². The van der Waals surface area contributed by atoms with Crippen molar-refractivity contribution in [3.8, 4) is 5.75 Å². The van der Waals surface area contributed by atoms with Crippen LogP contribution in [-0.4, -0.2) is 18.5 Å². The van der Waals surface area contributed by atoms with Crippen LogP contribution < -0.4 is 4.74 Å². The molecule has 0 bridgehead atoms. The molecule has 0 fully saturated rings. The molecule has 4 nitrogen and oxygen atoms in total. The number of hydrogen-bond acceptors (Lipinski definition) is 4. The lowest BCUT2D eigenvalue weighted by molar-refractivity contribution is 0.0452. The molecule has 0 unspecified atom stereocenters. The molecule has 0 heterocycles. The van der Waals surface area contributed by atoms with Gasteiger partial charge in [0.25, 0.3) is 0 Å². The molecule has 0 N–H and O–H groups in total. The van der Waals surface area contributed by atoms with Gasteiger partial charge in [0.15, 0.2) is 0 Å². The van der Waals surface area contributed by atoms with Gasteiger partial charge >= 0.3 is 11.9 Å². The van der Waals surface area contributed by atoms with E-state index in [1.807, 2.05) is 13.8 Å². The van der Waals surface area contributed by atoms with E-state index in [9.17, 15) is 14.0 Å². The van der Waals surface area contributed by atoms with Crippen molar-refractivity contribution in [2.24, 2.45) is 5.92 Å². The first-order valence-electron chi connectivity index (χ1n) is 7.21. The summed E-state index contributed by atoms with van der Waals surface area (Å²) in [7, 11) is 0. The average molecular weight is 316 g/mol. The van der Waals surface area contributed by atoms with Gasteiger partial charge in [-0.1, -0.05) is 32.0 Å². The molecule has 0 aromatic heterocycles. The van der Waals surface area contributed by atoms with Crippen molar-refractivity contribution in [2.75, 3.05) is 6.61 Å². The smallest absolute Gasteiger partial charge is 0.344 e. The molecular weight excluding hydrogens is 299 g/mol. The molecule has 0 saturated heterocycles. The number of hydrogen-bond donors (Lipinski definition) is 0. The van der Waals surface area contributed by atoms with Crippen LogP contribution in [0.3, 0.4) is 0 Å². The van der Waals surface area contributed by atoms with Crippen molar-refractivity contribution in [1.29, 1.82) is 0 Å². The fraction of sp³-hybridized carbons (Fsp3) is 0.222. The number of benzene rings is 2. The SMILES string of the molecule is CC(C)COC(=O)c1ccccc1C(=O)Oc1cccc(F)c1. The second-order valence-corrected chi connectivity index (χ2v) is 5.38. The molecule has 0 spiro atoms. The third-order valence-corrected chi connectivity index (χ3v) is 2.92. The summed E-state index contributed by atoms with van der Waals surface area (Å²) in [5, 5.41) is 0. The van der Waals surface area contributed by atoms with E-state index in [1.165, 1.54) is 30.3 Å². The number of halogens is 1. The molecule has 0 saturated carbocycles. The van der Waals surface area contributed by atoms with E-state index in [0.29, 0.717) is 0 Å². The zero-order chi connectivity index (χ0) is 16.8. The molecule has 2 aromatic rings. The average Bonchev–Trinajstić information content (AvgIpc) is 2.52. The maximum Gasteiger partial charge on any atom is 0.344 e. The Morgan fingerprint density at radius 3 is 2.26 bits per heavy atom. The lowest BCUT2D eigenvalue weighted by atomic mass is 10.1. The molecule has 2 rings (SSSR count). The molecule has 0 aliphatic carbocycles. The van der Waals surface area contributed by atoms with Crippen molar-refractivity contribution in [2.45, 2.75) is 13.8 Å². The molecule has 23 heavy (non-hydrogen) atoms. The van der Waals surface area contributed by atoms with Gasteiger partial charge < -0.3 is 9.47 Å². The molecule has 120 valence electrons. The molecule has 2 aromatic carbocycles. The summed E-state index contributed by atoms with van der Waals surface area (Å²) in [5.41, 5.74) is 0.195. The quantitative estimate of drug-likeness (QED) is 0.621. The second-order valence-electron chi connectivity index (χ2n) is 5.38. The summed E-state index contributed by atoms with van der Waals surface area (Å²) in [4.78, 5) is 24.3. The standard InChI is InChI=1S/C18H17FO4/c1-12(2)11-22-17(20)15-8-3-4-9-16(15)18(21)23-14-7-5-6-13(19)10-14/h3-10,12H,11H2,1-2H3. The van der Waals surface area contributed by atoms with Gasteiger partial charge in [-0.25, -0.2) is 14.0 Å². The Hall–Kier alpha value is -2.69. The monoisotopic (exact) mass is 316 g/mol. The van der Waals surface area contributed by atoms with Crippen LogP contribution in [0.5, 0.6) is 5.75 Å². The third kappa shape index (κ3) is 4.64. The lowest BCUT2D eigenvalue weighted by Crippen LogP contribution is -2.17. The summed E-state index contributed by atoms with van der Waals surface area (Å²) in [6.45, 7) is 4.08. The summed E-state index contributed by atoms with van der Waals surface area (Å²) >= 11 is 0. The molecule has 5 heteroatoms. The lowest BCUT2D eigenvalue weighted by Gasteiger charge is -2.10. The number of esters is 2. The first-order chi connectivity index (χ1) is 11.0. The minimum absolute atomic E-state index is 0.0698. The number of rotatable bonds is 5. The van der Waals surface area contributed by atoms with Gasteiger partial charge in [0.2, 0.25) is 0 Å². The van der Waals surface area contributed by atoms with E-state index in [1.54, 1.807) is 12.1 Å². The van der Waals surface area contributed by atoms with Crippen LogP contribution in [-0.2, 0) is 4.74 Å². The Balaban J connectivity index is 2.19. The van der Waals surface area contributed by atoms with E-state index in [2.05, 4.69) is 0 Å². The van der Waals surface area contributed by atoms with Gasteiger partial charge in [-0.15, -0.1) is 0 Å². The highest BCUT2D eigenvalue weighted by Gasteiger charge is 2.19. The van der Waals surface area contributed by atoms with Crippen LogP contribution in [0.25, 0.3) is 0 Å². The van der Waals surface area contributed by atoms with Gasteiger partial charge in [0.1, 0.15) is 11.6 Å². The van der Waals surface area contributed by atoms with Crippen molar-refractivity contribution in [1.82, 2.24) is 0 Å². The maximum absolute atomic E-state index is 13.1. The van der Waals surface area contributed by atoms with Crippen molar-refractivity contribution < 1.29 is 23.5 Å². The minimum Gasteiger partial charge on any atom is -0.462 e. The number of carbonyl (C=O) groups is 2. The van der Waals surface area contributed by atoms with Crippen molar-refractivity contribution in [3.63, 3.8) is 0 Å². The molecule has 0 aliphatic heterocycles. The summed E-state index contributed by atoms with van der Waals surface area (Å²) in [5.74, 6) is -1.59. The van der Waals surface area contributed by atoms with Gasteiger partial charge in [0.05, 0.1) is 17.7 Å². The highest BCUT2D eigenvalue weighted by molar-refractivity contribution is 6.03. The van der Waals surface area contributed by atoms with E-state index in [-0.39, 0.29) is 29.4 Å². The zero-order valence-corrected chi connectivity index (χ0v) is 12.9. The summed E-state index contributed by atoms with van der Waals surface area (Å²) in [6.07, 6.45) is 0. The first kappa shape index (κ1) is 16.7. The van der Waals surface area contributed by atoms with E-state index >= 15 is 0 Å². The number of ether oxygens (including phenoxy) is 2. The normalized spacial score (nSPS) is 10.4. The van der Waals surface area contributed by atoms with E-state index in [0.717, 1.165) is 6.07 Å². The predicted octanol–water partition coefficient (Wildman–Crippen LogP) is 3.86. The van der Waals surface area contributed by atoms with Gasteiger partial charge in [-0.05, 0) is 30.2 Å². The van der Waals surface area contributed by atoms with Crippen LogP contribution in [0.2, 0.25) is 0 Å². The van der Waals surface area contributed by atoms with Crippen LogP contribution in [0.15, 0.2) is 48.5 Å². The largest absolute Gasteiger partial charge is 0.462 e. The molecule has 0 aliphatic rings. The van der Waals surface area contributed by atoms with Crippen LogP contribution in [0.1, 0.15) is 34.6 Å². The predicted molar refractivity (Wildman–Crippen MR) is 82.9 cm³/mol. The second kappa shape index (κ2) is 7.54. The first-order valence-corrected chi connectivity index (χ1v) is 7.21. The van der Waals surface area contributed by atoms with Crippen LogP contribution in [0, 0.1) is 11.7 Å². The summed E-state index contributed by atoms with van der Waals surface area (Å²) in [6, 6.07) is 11.4. The molecule has 0 atom stereocenters. The maximum atomic E-state index is 13.1. The van der Waals surface area contributed by atoms with Crippen molar-refractivity contribution in [3.05, 3.63) is 65.5 Å². The Labute approximate surface area is 133 Å². The zero-order valence-electron chi connectivity index (χ0n) is 12.9. The van der Waals surface area contributed by atoms with Crippen molar-refractivity contribution >= 4 is 11.9 Å². The summed E-state index contributed by atoms with van der Waals surface area (Å²) < 4.78 is 23.4. The third-order valence-electron chi connectivity index (χ3n) is 2.92. The fourth-order valence-corrected chi connectivity index (χ4v) is 1.85. The van der Waals surface area contributed by atoms with E-state index in [4.69, 9.17) is 9.47 Å². The minimum atomic E-state index is -0.743. The fourth-order valence-electron chi connectivity index (χ4n) is 1.85. The Bertz CT molecular complexity index is 710. The van der Waals surface area contributed by atoms with Gasteiger partial charge in [-0.2, -0.15) is 0 Å². The Kier molecular flexibility index (Phi) is 5.46. The van der Waals surface area contributed by atoms with Gasteiger partial charge in [0, 0.05) is 6.07 Å². The van der Waals surface area contributed by atoms with E-state index < -0.39 is 17.8 Å². The van der Waals surface area contributed by atoms with Gasteiger partial charge in [-0.3, -0.25) is 0 Å². The topological polar surface area (TPSA) is 52.6 Å². The van der Waals surface area contributed by atoms with Crippen LogP contribution >= 0.6 is 0 Å². The molecule has 0 amide bonds. The molecular formula is C18H17FO4. The number of carbonyl (C=O) groups excluding carboxylic acids is 2.